The normalized spacial score (nSPS) is 9.00. The SMILES string of the molecule is O=C(O)CCC(=O)O.ONCc1ccccc1. The van der Waals surface area contributed by atoms with E-state index in [1.807, 2.05) is 30.3 Å². The molecule has 0 aliphatic carbocycles. The third-order valence-electron chi connectivity index (χ3n) is 1.68. The molecule has 0 spiro atoms. The Hall–Kier alpha value is -1.92. The molecule has 0 unspecified atom stereocenters. The van der Waals surface area contributed by atoms with E-state index in [4.69, 9.17) is 15.4 Å². The third-order valence-corrected chi connectivity index (χ3v) is 1.68. The van der Waals surface area contributed by atoms with Gasteiger partial charge in [0.15, 0.2) is 0 Å². The van der Waals surface area contributed by atoms with E-state index in [0.717, 1.165) is 5.56 Å². The molecule has 1 aromatic carbocycles. The lowest BCUT2D eigenvalue weighted by Crippen LogP contribution is -2.05. The van der Waals surface area contributed by atoms with Gasteiger partial charge in [-0.3, -0.25) is 9.59 Å². The van der Waals surface area contributed by atoms with Crippen LogP contribution < -0.4 is 5.48 Å². The molecular weight excluding hydrogens is 226 g/mol. The number of carboxylic acid groups (broad SMARTS) is 2. The molecule has 6 nitrogen and oxygen atoms in total. The molecule has 0 aliphatic heterocycles. The number of benzene rings is 1. The Bertz CT molecular complexity index is 325. The quantitative estimate of drug-likeness (QED) is 0.575. The minimum absolute atomic E-state index is 0.296. The topological polar surface area (TPSA) is 107 Å². The first-order chi connectivity index (χ1) is 8.06. The molecule has 0 heterocycles. The maximum Gasteiger partial charge on any atom is 0.303 e. The molecule has 17 heavy (non-hydrogen) atoms. The summed E-state index contributed by atoms with van der Waals surface area (Å²) in [5.74, 6) is -2.15. The second-order valence-corrected chi connectivity index (χ2v) is 3.11. The van der Waals surface area contributed by atoms with Crippen LogP contribution in [-0.4, -0.2) is 27.4 Å². The molecule has 0 fully saturated rings. The van der Waals surface area contributed by atoms with E-state index in [-0.39, 0.29) is 12.8 Å². The van der Waals surface area contributed by atoms with Gasteiger partial charge in [0, 0.05) is 6.54 Å². The number of hydrogen-bond acceptors (Lipinski definition) is 4. The van der Waals surface area contributed by atoms with E-state index in [1.54, 1.807) is 0 Å². The van der Waals surface area contributed by atoms with Gasteiger partial charge in [0.1, 0.15) is 0 Å². The Morgan fingerprint density at radius 3 is 1.82 bits per heavy atom. The maximum absolute atomic E-state index is 9.64. The molecule has 4 N–H and O–H groups in total. The van der Waals surface area contributed by atoms with Crippen LogP contribution in [0.25, 0.3) is 0 Å². The number of carboxylic acids is 2. The average Bonchev–Trinajstić information content (AvgIpc) is 2.29. The van der Waals surface area contributed by atoms with Crippen molar-refractivity contribution in [2.45, 2.75) is 19.4 Å². The molecule has 0 saturated heterocycles. The van der Waals surface area contributed by atoms with Gasteiger partial charge in [-0.25, -0.2) is 5.48 Å². The molecule has 0 amide bonds. The fourth-order valence-corrected chi connectivity index (χ4v) is 0.901. The van der Waals surface area contributed by atoms with Crippen LogP contribution in [0.1, 0.15) is 18.4 Å². The van der Waals surface area contributed by atoms with Crippen molar-refractivity contribution in [2.75, 3.05) is 0 Å². The van der Waals surface area contributed by atoms with Crippen LogP contribution in [0.2, 0.25) is 0 Å². The number of aliphatic carboxylic acids is 2. The molecule has 0 aliphatic rings. The molecule has 94 valence electrons. The Morgan fingerprint density at radius 1 is 1.00 bits per heavy atom. The van der Waals surface area contributed by atoms with Gasteiger partial charge in [0.2, 0.25) is 0 Å². The summed E-state index contributed by atoms with van der Waals surface area (Å²) in [4.78, 5) is 19.3. The second-order valence-electron chi connectivity index (χ2n) is 3.11. The van der Waals surface area contributed by atoms with E-state index in [9.17, 15) is 9.59 Å². The van der Waals surface area contributed by atoms with Gasteiger partial charge in [-0.15, -0.1) is 0 Å². The number of nitrogens with one attached hydrogen (secondary N) is 1. The van der Waals surface area contributed by atoms with E-state index in [2.05, 4.69) is 5.48 Å². The van der Waals surface area contributed by atoms with E-state index in [1.165, 1.54) is 0 Å². The Kier molecular flexibility index (Phi) is 8.26. The average molecular weight is 241 g/mol. The van der Waals surface area contributed by atoms with Crippen LogP contribution in [0, 0.1) is 0 Å². The summed E-state index contributed by atoms with van der Waals surface area (Å²) in [6.07, 6.45) is -0.593. The predicted octanol–water partition coefficient (Wildman–Crippen LogP) is 1.10. The van der Waals surface area contributed by atoms with Crippen molar-refractivity contribution in [3.8, 4) is 0 Å². The number of hydroxylamine groups is 1. The van der Waals surface area contributed by atoms with Crippen LogP contribution in [0.3, 0.4) is 0 Å². The highest BCUT2D eigenvalue weighted by Crippen LogP contribution is 1.95. The highest BCUT2D eigenvalue weighted by atomic mass is 16.5. The van der Waals surface area contributed by atoms with Gasteiger partial charge in [-0.2, -0.15) is 0 Å². The van der Waals surface area contributed by atoms with Crippen LogP contribution in [-0.2, 0) is 16.1 Å². The summed E-state index contributed by atoms with van der Waals surface area (Å²) in [5.41, 5.74) is 3.17. The maximum atomic E-state index is 9.64. The molecule has 6 heteroatoms. The van der Waals surface area contributed by atoms with Crippen LogP contribution in [0.4, 0.5) is 0 Å². The summed E-state index contributed by atoms with van der Waals surface area (Å²) in [7, 11) is 0. The largest absolute Gasteiger partial charge is 0.481 e. The van der Waals surface area contributed by atoms with Gasteiger partial charge in [-0.05, 0) is 5.56 Å². The first-order valence-electron chi connectivity index (χ1n) is 4.90. The van der Waals surface area contributed by atoms with E-state index < -0.39 is 11.9 Å². The Morgan fingerprint density at radius 2 is 1.47 bits per heavy atom. The zero-order chi connectivity index (χ0) is 13.1. The fourth-order valence-electron chi connectivity index (χ4n) is 0.901. The van der Waals surface area contributed by atoms with Gasteiger partial charge < -0.3 is 15.4 Å². The van der Waals surface area contributed by atoms with Crippen molar-refractivity contribution in [1.29, 1.82) is 0 Å². The summed E-state index contributed by atoms with van der Waals surface area (Å²) < 4.78 is 0. The van der Waals surface area contributed by atoms with Crippen molar-refractivity contribution < 1.29 is 25.0 Å². The number of hydrogen-bond donors (Lipinski definition) is 4. The lowest BCUT2D eigenvalue weighted by molar-refractivity contribution is -0.143. The molecule has 0 saturated carbocycles. The van der Waals surface area contributed by atoms with Crippen molar-refractivity contribution in [3.63, 3.8) is 0 Å². The van der Waals surface area contributed by atoms with Crippen molar-refractivity contribution in [3.05, 3.63) is 35.9 Å². The Labute approximate surface area is 98.5 Å². The number of carbonyl (C=O) groups is 2. The Balaban J connectivity index is 0.000000304. The zero-order valence-electron chi connectivity index (χ0n) is 9.17. The first-order valence-corrected chi connectivity index (χ1v) is 4.90. The van der Waals surface area contributed by atoms with Gasteiger partial charge in [0.25, 0.3) is 0 Å². The monoisotopic (exact) mass is 241 g/mol. The second kappa shape index (κ2) is 9.32. The minimum atomic E-state index is -1.08. The molecule has 1 aromatic rings. The van der Waals surface area contributed by atoms with Crippen molar-refractivity contribution in [1.82, 2.24) is 5.48 Å². The molecule has 1 rings (SSSR count). The van der Waals surface area contributed by atoms with Crippen molar-refractivity contribution >= 4 is 11.9 Å². The zero-order valence-corrected chi connectivity index (χ0v) is 9.17. The van der Waals surface area contributed by atoms with E-state index >= 15 is 0 Å². The molecule has 0 aromatic heterocycles. The highest BCUT2D eigenvalue weighted by Gasteiger charge is 2.00. The highest BCUT2D eigenvalue weighted by molar-refractivity contribution is 5.75. The van der Waals surface area contributed by atoms with Crippen LogP contribution in [0.5, 0.6) is 0 Å². The third kappa shape index (κ3) is 10.4. The summed E-state index contributed by atoms with van der Waals surface area (Å²) in [6, 6.07) is 9.71. The number of rotatable bonds is 5. The standard InChI is InChI=1S/C7H9NO.C4H6O4/c9-8-6-7-4-2-1-3-5-7;5-3(6)1-2-4(7)8/h1-5,8-9H,6H2;1-2H2,(H,5,6)(H,7,8). The summed E-state index contributed by atoms with van der Waals surface area (Å²) >= 11 is 0. The first kappa shape index (κ1) is 15.1. The molecule has 0 bridgehead atoms. The summed E-state index contributed by atoms with van der Waals surface area (Å²) in [6.45, 7) is 0.515. The van der Waals surface area contributed by atoms with Crippen molar-refractivity contribution in [2.24, 2.45) is 0 Å². The minimum Gasteiger partial charge on any atom is -0.481 e. The predicted molar refractivity (Wildman–Crippen MR) is 59.6 cm³/mol. The fraction of sp³-hybridized carbons (Fsp3) is 0.273. The lowest BCUT2D eigenvalue weighted by atomic mass is 10.2. The molecular formula is C11H15NO5. The molecule has 0 radical (unpaired) electrons. The van der Waals surface area contributed by atoms with Gasteiger partial charge in [0.05, 0.1) is 12.8 Å². The summed E-state index contributed by atoms with van der Waals surface area (Å²) in [5, 5.41) is 24.1. The van der Waals surface area contributed by atoms with Crippen LogP contribution in [0.15, 0.2) is 30.3 Å². The van der Waals surface area contributed by atoms with Crippen LogP contribution >= 0.6 is 0 Å². The lowest BCUT2D eigenvalue weighted by Gasteiger charge is -1.94. The van der Waals surface area contributed by atoms with E-state index in [0.29, 0.717) is 6.54 Å². The van der Waals surface area contributed by atoms with Gasteiger partial charge >= 0.3 is 11.9 Å². The molecule has 0 atom stereocenters. The smallest absolute Gasteiger partial charge is 0.303 e. The van der Waals surface area contributed by atoms with Gasteiger partial charge in [-0.1, -0.05) is 30.3 Å².